The highest BCUT2D eigenvalue weighted by atomic mass is 19.1. The molecule has 39 heavy (non-hydrogen) atoms. The SMILES string of the molecule is CC=CN1CCN(c2cc(=O)n(-c3ccccc3C(C)C)c3cc(-c4ccc(OC)cc4F)c(F)cc23)CC1. The molecule has 2 heterocycles. The predicted molar refractivity (Wildman–Crippen MR) is 154 cm³/mol. The second-order valence-electron chi connectivity index (χ2n) is 10.1. The van der Waals surface area contributed by atoms with E-state index >= 15 is 8.78 Å². The summed E-state index contributed by atoms with van der Waals surface area (Å²) in [5.74, 6) is -0.649. The smallest absolute Gasteiger partial charge is 0.257 e. The molecule has 1 saturated heterocycles. The molecule has 1 fully saturated rings. The average Bonchev–Trinajstić information content (AvgIpc) is 2.93. The Labute approximate surface area is 227 Å². The van der Waals surface area contributed by atoms with Gasteiger partial charge in [-0.2, -0.15) is 0 Å². The van der Waals surface area contributed by atoms with Crippen LogP contribution in [0.3, 0.4) is 0 Å². The monoisotopic (exact) mass is 529 g/mol. The lowest BCUT2D eigenvalue weighted by Gasteiger charge is -2.36. The molecule has 0 radical (unpaired) electrons. The number of aromatic nitrogens is 1. The van der Waals surface area contributed by atoms with Gasteiger partial charge in [0, 0.05) is 54.8 Å². The van der Waals surface area contributed by atoms with E-state index in [4.69, 9.17) is 4.74 Å². The zero-order valence-corrected chi connectivity index (χ0v) is 22.7. The molecule has 5 rings (SSSR count). The van der Waals surface area contributed by atoms with Gasteiger partial charge in [-0.3, -0.25) is 9.36 Å². The Kier molecular flexibility index (Phi) is 7.42. The van der Waals surface area contributed by atoms with E-state index in [1.165, 1.54) is 25.3 Å². The van der Waals surface area contributed by atoms with Crippen molar-refractivity contribution >= 4 is 16.6 Å². The van der Waals surface area contributed by atoms with Gasteiger partial charge in [-0.05, 0) is 54.9 Å². The molecule has 0 N–H and O–H groups in total. The Morgan fingerprint density at radius 2 is 1.59 bits per heavy atom. The van der Waals surface area contributed by atoms with Gasteiger partial charge in [0.15, 0.2) is 0 Å². The lowest BCUT2D eigenvalue weighted by molar-refractivity contribution is 0.349. The number of methoxy groups -OCH3 is 1. The zero-order valence-electron chi connectivity index (χ0n) is 22.7. The van der Waals surface area contributed by atoms with E-state index in [0.717, 1.165) is 24.3 Å². The topological polar surface area (TPSA) is 37.7 Å². The number of fused-ring (bicyclic) bond motifs is 1. The molecule has 0 amide bonds. The van der Waals surface area contributed by atoms with Gasteiger partial charge in [0.05, 0.1) is 24.0 Å². The fraction of sp³-hybridized carbons (Fsp3) is 0.281. The first-order chi connectivity index (χ1) is 18.8. The fourth-order valence-corrected chi connectivity index (χ4v) is 5.39. The Morgan fingerprint density at radius 3 is 2.26 bits per heavy atom. The standard InChI is InChI=1S/C32H33F2N3O2/c1-5-12-35-13-15-36(16-14-35)30-20-32(38)37(29-9-7-6-8-23(29)21(2)3)31-19-25(28(34)18-26(30)31)24-11-10-22(39-4)17-27(24)33/h5-12,17-21H,13-16H2,1-4H3. The first-order valence-corrected chi connectivity index (χ1v) is 13.3. The third kappa shape index (κ3) is 5.01. The van der Waals surface area contributed by atoms with E-state index in [2.05, 4.69) is 29.8 Å². The minimum atomic E-state index is -0.597. The molecular weight excluding hydrogens is 496 g/mol. The van der Waals surface area contributed by atoms with Gasteiger partial charge in [0.2, 0.25) is 0 Å². The van der Waals surface area contributed by atoms with Gasteiger partial charge in [0.1, 0.15) is 17.4 Å². The van der Waals surface area contributed by atoms with Crippen LogP contribution >= 0.6 is 0 Å². The Balaban J connectivity index is 1.77. The quantitative estimate of drug-likeness (QED) is 0.278. The molecular formula is C32H33F2N3O2. The molecule has 0 spiro atoms. The molecule has 0 unspecified atom stereocenters. The number of nitrogens with zero attached hydrogens (tertiary/aromatic N) is 3. The van der Waals surface area contributed by atoms with Crippen molar-refractivity contribution in [1.29, 1.82) is 0 Å². The van der Waals surface area contributed by atoms with E-state index in [1.807, 2.05) is 37.3 Å². The second kappa shape index (κ2) is 10.9. The largest absolute Gasteiger partial charge is 0.497 e. The lowest BCUT2D eigenvalue weighted by atomic mass is 9.98. The maximum absolute atomic E-state index is 15.8. The van der Waals surface area contributed by atoms with Crippen LogP contribution in [0.1, 0.15) is 32.3 Å². The summed E-state index contributed by atoms with van der Waals surface area (Å²) in [7, 11) is 1.45. The number of ether oxygens (including phenoxy) is 1. The highest BCUT2D eigenvalue weighted by Gasteiger charge is 2.23. The lowest BCUT2D eigenvalue weighted by Crippen LogP contribution is -2.44. The van der Waals surface area contributed by atoms with Crippen LogP contribution in [-0.4, -0.2) is 42.8 Å². The van der Waals surface area contributed by atoms with Crippen LogP contribution in [0, 0.1) is 11.6 Å². The van der Waals surface area contributed by atoms with E-state index in [0.29, 0.717) is 35.4 Å². The number of benzene rings is 3. The number of allylic oxidation sites excluding steroid dienone is 1. The molecule has 0 atom stereocenters. The summed E-state index contributed by atoms with van der Waals surface area (Å²) >= 11 is 0. The number of piperazine rings is 1. The number of anilines is 1. The van der Waals surface area contributed by atoms with Crippen molar-refractivity contribution in [2.75, 3.05) is 38.2 Å². The summed E-state index contributed by atoms with van der Waals surface area (Å²) in [6.07, 6.45) is 4.07. The van der Waals surface area contributed by atoms with Crippen molar-refractivity contribution in [2.45, 2.75) is 26.7 Å². The number of hydrogen-bond donors (Lipinski definition) is 0. The molecule has 0 saturated carbocycles. The molecule has 1 aromatic heterocycles. The highest BCUT2D eigenvalue weighted by molar-refractivity contribution is 5.96. The maximum Gasteiger partial charge on any atom is 0.257 e. The highest BCUT2D eigenvalue weighted by Crippen LogP contribution is 2.36. The molecule has 5 nitrogen and oxygen atoms in total. The van der Waals surface area contributed by atoms with Crippen LogP contribution < -0.4 is 15.2 Å². The summed E-state index contributed by atoms with van der Waals surface area (Å²) in [4.78, 5) is 18.2. The van der Waals surface area contributed by atoms with E-state index < -0.39 is 11.6 Å². The van der Waals surface area contributed by atoms with Gasteiger partial charge in [-0.1, -0.05) is 38.1 Å². The number of halogens is 2. The summed E-state index contributed by atoms with van der Waals surface area (Å²) in [5.41, 5.74) is 2.94. The predicted octanol–water partition coefficient (Wildman–Crippen LogP) is 6.72. The van der Waals surface area contributed by atoms with Gasteiger partial charge < -0.3 is 14.5 Å². The van der Waals surface area contributed by atoms with Crippen molar-refractivity contribution in [3.8, 4) is 22.6 Å². The Morgan fingerprint density at radius 1 is 0.872 bits per heavy atom. The Hall–Kier alpha value is -4.13. The molecule has 1 aliphatic heterocycles. The normalized spacial score (nSPS) is 14.1. The third-order valence-corrected chi connectivity index (χ3v) is 7.36. The molecule has 4 aromatic rings. The van der Waals surface area contributed by atoms with Crippen molar-refractivity contribution in [3.05, 3.63) is 100 Å². The van der Waals surface area contributed by atoms with Gasteiger partial charge in [-0.15, -0.1) is 0 Å². The average molecular weight is 530 g/mol. The number of hydrogen-bond acceptors (Lipinski definition) is 4. The van der Waals surface area contributed by atoms with Crippen molar-refractivity contribution < 1.29 is 13.5 Å². The van der Waals surface area contributed by atoms with Crippen LogP contribution in [0.4, 0.5) is 14.5 Å². The second-order valence-corrected chi connectivity index (χ2v) is 10.1. The first-order valence-electron chi connectivity index (χ1n) is 13.3. The van der Waals surface area contributed by atoms with Crippen LogP contribution in [-0.2, 0) is 0 Å². The summed E-state index contributed by atoms with van der Waals surface area (Å²) in [5, 5.41) is 0.614. The van der Waals surface area contributed by atoms with E-state index in [9.17, 15) is 4.79 Å². The summed E-state index contributed by atoms with van der Waals surface area (Å²) in [6, 6.07) is 16.7. The summed E-state index contributed by atoms with van der Waals surface area (Å²) < 4.78 is 37.7. The van der Waals surface area contributed by atoms with Crippen LogP contribution in [0.5, 0.6) is 5.75 Å². The number of pyridine rings is 1. The summed E-state index contributed by atoms with van der Waals surface area (Å²) in [6.45, 7) is 9.11. The van der Waals surface area contributed by atoms with E-state index in [1.54, 1.807) is 22.8 Å². The molecule has 3 aromatic carbocycles. The molecule has 0 bridgehead atoms. The van der Waals surface area contributed by atoms with Crippen molar-refractivity contribution in [2.24, 2.45) is 0 Å². The molecule has 1 aliphatic rings. The van der Waals surface area contributed by atoms with Gasteiger partial charge >= 0.3 is 0 Å². The Bertz CT molecular complexity index is 1600. The first kappa shape index (κ1) is 26.5. The molecule has 7 heteroatoms. The number of para-hydroxylation sites is 1. The molecule has 0 aliphatic carbocycles. The number of rotatable bonds is 6. The van der Waals surface area contributed by atoms with E-state index in [-0.39, 0.29) is 22.6 Å². The van der Waals surface area contributed by atoms with Crippen molar-refractivity contribution in [3.63, 3.8) is 0 Å². The fourth-order valence-electron chi connectivity index (χ4n) is 5.39. The zero-order chi connectivity index (χ0) is 27.7. The van der Waals surface area contributed by atoms with Crippen LogP contribution in [0.15, 0.2) is 77.7 Å². The maximum atomic E-state index is 15.8. The minimum absolute atomic E-state index is 0.0906. The van der Waals surface area contributed by atoms with Gasteiger partial charge in [0.25, 0.3) is 5.56 Å². The third-order valence-electron chi connectivity index (χ3n) is 7.36. The minimum Gasteiger partial charge on any atom is -0.497 e. The van der Waals surface area contributed by atoms with Crippen molar-refractivity contribution in [1.82, 2.24) is 9.47 Å². The molecule has 202 valence electrons. The van der Waals surface area contributed by atoms with Gasteiger partial charge in [-0.25, -0.2) is 8.78 Å². The van der Waals surface area contributed by atoms with Crippen LogP contribution in [0.2, 0.25) is 0 Å². The van der Waals surface area contributed by atoms with Crippen LogP contribution in [0.25, 0.3) is 27.7 Å².